The van der Waals surface area contributed by atoms with Crippen LogP contribution in [0.3, 0.4) is 0 Å². The number of amides is 2. The average molecular weight is 586 g/mol. The van der Waals surface area contributed by atoms with Crippen LogP contribution in [0.2, 0.25) is 0 Å². The van der Waals surface area contributed by atoms with Gasteiger partial charge in [-0.2, -0.15) is 26.3 Å². The van der Waals surface area contributed by atoms with Crippen molar-refractivity contribution in [2.45, 2.75) is 57.6 Å². The van der Waals surface area contributed by atoms with E-state index in [4.69, 9.17) is 0 Å². The normalized spacial score (nSPS) is 19.5. The zero-order valence-electron chi connectivity index (χ0n) is 21.8. The molecule has 1 fully saturated rings. The van der Waals surface area contributed by atoms with E-state index < -0.39 is 57.8 Å². The van der Waals surface area contributed by atoms with Crippen molar-refractivity contribution in [3.05, 3.63) is 69.1 Å². The zero-order valence-corrected chi connectivity index (χ0v) is 22.6. The van der Waals surface area contributed by atoms with Crippen molar-refractivity contribution >= 4 is 40.5 Å². The molecular weight excluding hydrogens is 560 g/mol. The van der Waals surface area contributed by atoms with Gasteiger partial charge in [-0.15, -0.1) is 0 Å². The van der Waals surface area contributed by atoms with E-state index in [1.807, 2.05) is 0 Å². The summed E-state index contributed by atoms with van der Waals surface area (Å²) in [6, 6.07) is 6.18. The number of hydrogen-bond acceptors (Lipinski definition) is 5. The van der Waals surface area contributed by atoms with Crippen LogP contribution in [0.25, 0.3) is 6.08 Å². The van der Waals surface area contributed by atoms with Crippen LogP contribution in [0, 0.1) is 0 Å². The summed E-state index contributed by atoms with van der Waals surface area (Å²) in [5, 5.41) is 12.2. The number of carbonyl (C=O) groups excluding carboxylic acids is 2. The number of carbonyl (C=O) groups is 2. The smallest absolute Gasteiger partial charge is 0.389 e. The van der Waals surface area contributed by atoms with Gasteiger partial charge in [-0.25, -0.2) is 0 Å². The Balaban J connectivity index is 1.78. The minimum absolute atomic E-state index is 0.000164. The Labute approximate surface area is 230 Å². The van der Waals surface area contributed by atoms with E-state index in [0.29, 0.717) is 27.8 Å². The number of fused-ring (bicyclic) bond motifs is 1. The Hall–Kier alpha value is -3.32. The molecule has 0 spiro atoms. The van der Waals surface area contributed by atoms with Crippen molar-refractivity contribution < 1.29 is 41.0 Å². The average Bonchev–Trinajstić information content (AvgIpc) is 3.26. The van der Waals surface area contributed by atoms with Crippen molar-refractivity contribution in [3.63, 3.8) is 0 Å². The maximum atomic E-state index is 13.8. The molecule has 2 aromatic carbocycles. The first kappa shape index (κ1) is 29.7. The summed E-state index contributed by atoms with van der Waals surface area (Å²) in [7, 11) is 0. The number of rotatable bonds is 5. The molecule has 0 atom stereocenters. The number of nitrogens with zero attached hydrogens (tertiary/aromatic N) is 2. The number of anilines is 1. The highest BCUT2D eigenvalue weighted by molar-refractivity contribution is 8.18. The van der Waals surface area contributed by atoms with Crippen molar-refractivity contribution in [1.82, 2.24) is 5.32 Å². The Morgan fingerprint density at radius 1 is 1.05 bits per heavy atom. The first-order valence-corrected chi connectivity index (χ1v) is 12.8. The zero-order chi connectivity index (χ0) is 29.8. The van der Waals surface area contributed by atoms with Crippen LogP contribution in [-0.2, 0) is 29.1 Å². The van der Waals surface area contributed by atoms with Gasteiger partial charge in [0, 0.05) is 5.69 Å². The quantitative estimate of drug-likeness (QED) is 0.392. The predicted molar refractivity (Wildman–Crippen MR) is 140 cm³/mol. The van der Waals surface area contributed by atoms with Crippen LogP contribution >= 0.6 is 11.8 Å². The maximum Gasteiger partial charge on any atom is 0.416 e. The van der Waals surface area contributed by atoms with Gasteiger partial charge in [-0.05, 0) is 80.4 Å². The van der Waals surface area contributed by atoms with E-state index in [1.165, 1.54) is 0 Å². The van der Waals surface area contributed by atoms with E-state index in [1.54, 1.807) is 52.0 Å². The van der Waals surface area contributed by atoms with Crippen LogP contribution in [0.15, 0.2) is 46.3 Å². The monoisotopic (exact) mass is 585 g/mol. The third kappa shape index (κ3) is 5.90. The van der Waals surface area contributed by atoms with Crippen LogP contribution in [0.5, 0.6) is 0 Å². The van der Waals surface area contributed by atoms with E-state index in [0.717, 1.165) is 22.7 Å². The first-order valence-electron chi connectivity index (χ1n) is 12.0. The molecule has 0 saturated carbocycles. The van der Waals surface area contributed by atoms with Gasteiger partial charge >= 0.3 is 12.4 Å². The molecule has 2 N–H and O–H groups in total. The van der Waals surface area contributed by atoms with Gasteiger partial charge in [-0.1, -0.05) is 18.2 Å². The third-order valence-electron chi connectivity index (χ3n) is 6.41. The predicted octanol–water partition coefficient (Wildman–Crippen LogP) is 6.52. The van der Waals surface area contributed by atoms with Gasteiger partial charge in [0.15, 0.2) is 0 Å². The highest BCUT2D eigenvalue weighted by Gasteiger charge is 2.46. The van der Waals surface area contributed by atoms with Crippen molar-refractivity contribution in [1.29, 1.82) is 0 Å². The molecule has 6 nitrogen and oxygen atoms in total. The third-order valence-corrected chi connectivity index (χ3v) is 7.23. The van der Waals surface area contributed by atoms with Crippen molar-refractivity contribution in [2.75, 3.05) is 11.4 Å². The number of aliphatic hydroxyl groups is 1. The molecule has 0 radical (unpaired) electrons. The van der Waals surface area contributed by atoms with Gasteiger partial charge in [0.2, 0.25) is 5.91 Å². The lowest BCUT2D eigenvalue weighted by Crippen LogP contribution is -2.36. The largest absolute Gasteiger partial charge is 0.416 e. The highest BCUT2D eigenvalue weighted by atomic mass is 32.2. The van der Waals surface area contributed by atoms with E-state index in [9.17, 15) is 41.0 Å². The molecule has 0 bridgehead atoms. The summed E-state index contributed by atoms with van der Waals surface area (Å²) in [6.07, 6.45) is -8.42. The lowest BCUT2D eigenvalue weighted by molar-refractivity contribution is -0.143. The fraction of sp³-hybridized carbons (Fsp3) is 0.370. The van der Waals surface area contributed by atoms with Crippen molar-refractivity contribution in [2.24, 2.45) is 4.99 Å². The molecular formula is C27H25F6N3O3S. The number of hydrogen-bond donors (Lipinski definition) is 2. The fourth-order valence-electron chi connectivity index (χ4n) is 4.58. The molecule has 0 unspecified atom stereocenters. The molecule has 0 aliphatic carbocycles. The molecule has 1 saturated heterocycles. The summed E-state index contributed by atoms with van der Waals surface area (Å²) in [4.78, 5) is 31.4. The molecule has 40 heavy (non-hydrogen) atoms. The van der Waals surface area contributed by atoms with Crippen LogP contribution in [-0.4, -0.2) is 34.2 Å². The number of amidine groups is 1. The molecule has 2 heterocycles. The lowest BCUT2D eigenvalue weighted by atomic mass is 9.83. The van der Waals surface area contributed by atoms with Crippen molar-refractivity contribution in [3.8, 4) is 0 Å². The second-order valence-corrected chi connectivity index (χ2v) is 11.6. The van der Waals surface area contributed by atoms with E-state index in [-0.39, 0.29) is 18.4 Å². The number of thioether (sulfide) groups is 1. The summed E-state index contributed by atoms with van der Waals surface area (Å²) >= 11 is 0.860. The Morgan fingerprint density at radius 3 is 2.33 bits per heavy atom. The molecule has 4 rings (SSSR count). The minimum atomic E-state index is -5.08. The van der Waals surface area contributed by atoms with Gasteiger partial charge in [0.1, 0.15) is 5.84 Å². The molecule has 2 amide bonds. The van der Waals surface area contributed by atoms with Gasteiger partial charge in [0.25, 0.3) is 5.24 Å². The molecule has 214 valence electrons. The molecule has 2 aromatic rings. The van der Waals surface area contributed by atoms with E-state index in [2.05, 4.69) is 10.3 Å². The van der Waals surface area contributed by atoms with Crippen LogP contribution < -0.4 is 10.2 Å². The van der Waals surface area contributed by atoms with E-state index >= 15 is 0 Å². The maximum absolute atomic E-state index is 13.8. The summed E-state index contributed by atoms with van der Waals surface area (Å²) in [5.41, 5.74) is -4.44. The standard InChI is InChI=1S/C27H25F6N3O3S/c1-24(2,39)13-34-21-19(40-23(38)35-21)10-14-6-5-7-18-20(14)25(3,4)22(37)36(18)12-15-8-9-16(26(28,29)30)11-17(15)27(31,32)33/h5-11,39H,12-13H2,1-4H3,(H,34,35,38)/b19-10-. The number of alkyl halides is 6. The number of nitrogens with one attached hydrogen (secondary N) is 1. The Morgan fingerprint density at radius 2 is 1.73 bits per heavy atom. The molecule has 2 aliphatic rings. The summed E-state index contributed by atoms with van der Waals surface area (Å²) < 4.78 is 80.8. The van der Waals surface area contributed by atoms with Crippen LogP contribution in [0.4, 0.5) is 36.8 Å². The lowest BCUT2D eigenvalue weighted by Gasteiger charge is -2.23. The topological polar surface area (TPSA) is 82.0 Å². The summed E-state index contributed by atoms with van der Waals surface area (Å²) in [6.45, 7) is 5.70. The number of halogens is 6. The number of aliphatic imine (C=N–C) groups is 1. The molecule has 13 heteroatoms. The second kappa shape index (κ2) is 9.95. The molecule has 2 aliphatic heterocycles. The van der Waals surface area contributed by atoms with Gasteiger partial charge in [0.05, 0.1) is 40.1 Å². The van der Waals surface area contributed by atoms with Gasteiger partial charge in [-0.3, -0.25) is 14.6 Å². The second-order valence-electron chi connectivity index (χ2n) is 10.6. The Kier molecular flexibility index (Phi) is 7.38. The Bertz CT molecular complexity index is 1440. The van der Waals surface area contributed by atoms with Gasteiger partial charge < -0.3 is 15.3 Å². The summed E-state index contributed by atoms with van der Waals surface area (Å²) in [5.74, 6) is -0.307. The molecule has 0 aromatic heterocycles. The highest BCUT2D eigenvalue weighted by Crippen LogP contribution is 2.46. The first-order chi connectivity index (χ1) is 18.3. The minimum Gasteiger partial charge on any atom is -0.389 e. The van der Waals surface area contributed by atoms with Crippen LogP contribution in [0.1, 0.15) is 55.5 Å². The SMILES string of the molecule is CC(C)(O)CN=C1NC(=O)S/C1=C\c1cccc2c1C(C)(C)C(=O)N2Cc1ccc(C(F)(F)F)cc1C(F)(F)F. The number of benzene rings is 2. The fourth-order valence-corrected chi connectivity index (χ4v) is 5.33.